The summed E-state index contributed by atoms with van der Waals surface area (Å²) in [5, 5.41) is 3.74. The van der Waals surface area contributed by atoms with Crippen molar-refractivity contribution in [2.45, 2.75) is 50.8 Å². The summed E-state index contributed by atoms with van der Waals surface area (Å²) < 4.78 is 24.1. The van der Waals surface area contributed by atoms with Crippen molar-refractivity contribution >= 4 is 34.8 Å². The molecule has 0 bridgehead atoms. The minimum atomic E-state index is -1.34. The molecule has 0 aromatic heterocycles. The van der Waals surface area contributed by atoms with Crippen molar-refractivity contribution in [3.05, 3.63) is 174 Å². The summed E-state index contributed by atoms with van der Waals surface area (Å²) in [6, 6.07) is 53.2. The molecule has 1 aliphatic rings. The summed E-state index contributed by atoms with van der Waals surface area (Å²) in [5.74, 6) is 1.75. The molecule has 6 aromatic rings. The van der Waals surface area contributed by atoms with E-state index in [2.05, 4.69) is 164 Å². The summed E-state index contributed by atoms with van der Waals surface area (Å²) in [6.45, 7) is 10.6. The molecule has 0 radical (unpaired) electrons. The van der Waals surface area contributed by atoms with Gasteiger partial charge in [-0.2, -0.15) is 0 Å². The van der Waals surface area contributed by atoms with Gasteiger partial charge in [0.2, 0.25) is 0 Å². The van der Waals surface area contributed by atoms with Crippen LogP contribution in [0.1, 0.15) is 62.9 Å². The van der Waals surface area contributed by atoms with Crippen LogP contribution in [0.5, 0.6) is 11.5 Å². The zero-order valence-corrected chi connectivity index (χ0v) is 30.4. The zero-order valence-electron chi connectivity index (χ0n) is 28.7. The second-order valence-electron chi connectivity index (χ2n) is 14.0. The summed E-state index contributed by atoms with van der Waals surface area (Å²) in [7, 11) is -2.24. The molecule has 3 nitrogen and oxygen atoms in total. The molecule has 0 spiro atoms. The van der Waals surface area contributed by atoms with Crippen LogP contribution in [0.15, 0.2) is 152 Å². The van der Waals surface area contributed by atoms with Crippen LogP contribution in [0, 0.1) is 0 Å². The minimum Gasteiger partial charge on any atom is -0.456 e. The van der Waals surface area contributed by atoms with Crippen molar-refractivity contribution in [2.75, 3.05) is 0 Å². The van der Waals surface area contributed by atoms with Gasteiger partial charge in [0, 0.05) is 27.4 Å². The van der Waals surface area contributed by atoms with E-state index < -0.39 is 23.7 Å². The van der Waals surface area contributed by atoms with Gasteiger partial charge in [-0.15, -0.1) is 0 Å². The molecule has 246 valence electrons. The van der Waals surface area contributed by atoms with Gasteiger partial charge in [0.05, 0.1) is 21.8 Å². The molecule has 7 rings (SSSR count). The lowest BCUT2D eigenvalue weighted by Gasteiger charge is -2.38. The molecule has 5 heteroatoms. The second kappa shape index (κ2) is 13.5. The fourth-order valence-corrected chi connectivity index (χ4v) is 9.84. The minimum absolute atomic E-state index is 0.339. The highest BCUT2D eigenvalue weighted by molar-refractivity contribution is 7.84. The maximum absolute atomic E-state index is 13.8. The van der Waals surface area contributed by atoms with Gasteiger partial charge in [-0.1, -0.05) is 166 Å². The predicted molar refractivity (Wildman–Crippen MR) is 209 cm³/mol. The Hall–Kier alpha value is -4.34. The molecule has 1 heterocycles. The van der Waals surface area contributed by atoms with Gasteiger partial charge < -0.3 is 4.74 Å². The van der Waals surface area contributed by atoms with E-state index in [0.717, 1.165) is 39.3 Å². The van der Waals surface area contributed by atoms with Gasteiger partial charge in [0.25, 0.3) is 0 Å². The number of hydrogen-bond acceptors (Lipinski definition) is 2. The molecule has 0 amide bonds. The first-order valence-corrected chi connectivity index (χ1v) is 19.3. The largest absolute Gasteiger partial charge is 0.456 e. The predicted octanol–water partition coefficient (Wildman–Crippen LogP) is 9.68. The van der Waals surface area contributed by atoms with Crippen molar-refractivity contribution in [1.29, 1.82) is 0 Å². The number of fused-ring (bicyclic) bond motifs is 2. The molecule has 1 N–H and O–H groups in total. The molecule has 0 saturated carbocycles. The van der Waals surface area contributed by atoms with Crippen LogP contribution in [0.4, 0.5) is 0 Å². The van der Waals surface area contributed by atoms with Crippen LogP contribution in [-0.2, 0) is 16.4 Å². The number of nitrogens with one attached hydrogen (secondary N) is 1. The second-order valence-corrected chi connectivity index (χ2v) is 18.2. The molecule has 0 saturated heterocycles. The lowest BCUT2D eigenvalue weighted by Crippen LogP contribution is -2.37. The maximum Gasteiger partial charge on any atom is 0.139 e. The third kappa shape index (κ3) is 6.54. The Balaban J connectivity index is 1.38. The first kappa shape index (κ1) is 33.2. The Labute approximate surface area is 294 Å². The average Bonchev–Trinajstić information content (AvgIpc) is 3.12. The first-order valence-electron chi connectivity index (χ1n) is 16.8. The normalized spacial score (nSPS) is 14.7. The third-order valence-corrected chi connectivity index (χ3v) is 13.3. The summed E-state index contributed by atoms with van der Waals surface area (Å²) >= 11 is 0. The molecule has 6 aromatic carbocycles. The summed E-state index contributed by atoms with van der Waals surface area (Å²) in [5.41, 5.74) is 6.25. The van der Waals surface area contributed by atoms with Crippen LogP contribution in [0.25, 0.3) is 11.1 Å². The molecule has 1 aliphatic heterocycles. The number of hydrogen-bond donors (Lipinski definition) is 1. The quantitative estimate of drug-likeness (QED) is 0.163. The van der Waals surface area contributed by atoms with Gasteiger partial charge >= 0.3 is 0 Å². The van der Waals surface area contributed by atoms with E-state index in [1.54, 1.807) is 0 Å². The van der Waals surface area contributed by atoms with E-state index in [1.807, 2.05) is 26.8 Å². The number of benzene rings is 6. The van der Waals surface area contributed by atoms with Gasteiger partial charge in [-0.05, 0) is 56.0 Å². The van der Waals surface area contributed by atoms with Crippen molar-refractivity contribution in [3.63, 3.8) is 0 Å². The lowest BCUT2D eigenvalue weighted by molar-refractivity contribution is 0.413. The molecule has 2 atom stereocenters. The smallest absolute Gasteiger partial charge is 0.139 e. The van der Waals surface area contributed by atoms with Gasteiger partial charge in [0.15, 0.2) is 0 Å². The van der Waals surface area contributed by atoms with E-state index in [0.29, 0.717) is 0 Å². The maximum atomic E-state index is 13.8. The number of para-hydroxylation sites is 2. The van der Waals surface area contributed by atoms with E-state index in [1.165, 1.54) is 21.5 Å². The van der Waals surface area contributed by atoms with E-state index >= 15 is 0 Å². The molecule has 49 heavy (non-hydrogen) atoms. The highest BCUT2D eigenvalue weighted by Gasteiger charge is 2.39. The van der Waals surface area contributed by atoms with E-state index in [9.17, 15) is 4.21 Å². The summed E-state index contributed by atoms with van der Waals surface area (Å²) in [6.07, 6.45) is 0. The number of ether oxygens (including phenoxy) is 1. The van der Waals surface area contributed by atoms with Crippen LogP contribution in [-0.4, -0.2) is 8.96 Å². The summed E-state index contributed by atoms with van der Waals surface area (Å²) in [4.78, 5) is 0. The molecular formula is C44H42NO2PS. The fraction of sp³-hybridized carbons (Fsp3) is 0.182. The third-order valence-electron chi connectivity index (χ3n) is 9.30. The van der Waals surface area contributed by atoms with Gasteiger partial charge in [-0.25, -0.2) is 8.93 Å². The topological polar surface area (TPSA) is 38.3 Å². The Bertz CT molecular complexity index is 2050. The number of rotatable bonds is 8. The van der Waals surface area contributed by atoms with Gasteiger partial charge in [-0.3, -0.25) is 0 Å². The van der Waals surface area contributed by atoms with Crippen molar-refractivity contribution in [2.24, 2.45) is 0 Å². The monoisotopic (exact) mass is 679 g/mol. The zero-order chi connectivity index (χ0) is 34.2. The fourth-order valence-electron chi connectivity index (χ4n) is 6.61. The molecule has 0 unspecified atom stereocenters. The van der Waals surface area contributed by atoms with Crippen LogP contribution in [0.3, 0.4) is 0 Å². The SMILES string of the molecule is CC1(C)c2cccc([C@@H](N[S@@](=O)C(C)(C)C)c3ccc(-c4ccccc4)cc3)c2Oc2c(P(c3ccccc3)c3ccccc3)cccc21. The molecule has 0 fully saturated rings. The standard InChI is InChI=1S/C44H42NO2PS/c1-43(2,3)49(46)45-40(33-29-27-32(28-30-33)31-17-9-6-10-18-31)36-23-15-24-37-41(36)47-42-38(44(37,4)5)25-16-26-39(42)48(34-19-11-7-12-20-34)35-21-13-8-14-22-35/h6-30,40,45H,1-5H3/t40-,49-/m0/s1. The van der Waals surface area contributed by atoms with Crippen molar-refractivity contribution in [1.82, 2.24) is 4.72 Å². The average molecular weight is 680 g/mol. The van der Waals surface area contributed by atoms with Crippen molar-refractivity contribution < 1.29 is 8.95 Å². The van der Waals surface area contributed by atoms with Crippen LogP contribution in [0.2, 0.25) is 0 Å². The first-order chi connectivity index (χ1) is 23.6. The van der Waals surface area contributed by atoms with Crippen LogP contribution >= 0.6 is 7.92 Å². The Morgan fingerprint density at radius 2 is 1.12 bits per heavy atom. The highest BCUT2D eigenvalue weighted by Crippen LogP contribution is 2.52. The Morgan fingerprint density at radius 3 is 1.69 bits per heavy atom. The van der Waals surface area contributed by atoms with Gasteiger partial charge in [0.1, 0.15) is 11.5 Å². The van der Waals surface area contributed by atoms with Crippen molar-refractivity contribution in [3.8, 4) is 22.6 Å². The Kier molecular flexibility index (Phi) is 9.15. The molecular weight excluding hydrogens is 638 g/mol. The lowest BCUT2D eigenvalue weighted by atomic mass is 9.74. The van der Waals surface area contributed by atoms with E-state index in [-0.39, 0.29) is 11.5 Å². The van der Waals surface area contributed by atoms with Crippen LogP contribution < -0.4 is 25.4 Å². The molecule has 0 aliphatic carbocycles. The Morgan fingerprint density at radius 1 is 0.612 bits per heavy atom. The highest BCUT2D eigenvalue weighted by atomic mass is 32.2. The van der Waals surface area contributed by atoms with E-state index in [4.69, 9.17) is 4.74 Å².